The van der Waals surface area contributed by atoms with E-state index in [1.807, 2.05) is 0 Å². The van der Waals surface area contributed by atoms with Crippen LogP contribution in [0.4, 0.5) is 26.3 Å². The van der Waals surface area contributed by atoms with Crippen LogP contribution in [0.2, 0.25) is 0 Å². The standard InChI is InChI=1S/C14H7F6/c15-13(16,17)11-8-4-7-10(12(11)14(18,19)20)9-5-2-1-3-6-9/h2-8H. The number of hydrogen-bond donors (Lipinski definition) is 0. The van der Waals surface area contributed by atoms with Crippen LogP contribution in [0, 0.1) is 6.07 Å². The first-order chi connectivity index (χ1) is 9.21. The minimum atomic E-state index is -5.10. The molecule has 0 saturated carbocycles. The van der Waals surface area contributed by atoms with Crippen molar-refractivity contribution in [3.63, 3.8) is 0 Å². The van der Waals surface area contributed by atoms with Gasteiger partial charge in [0.25, 0.3) is 0 Å². The molecule has 6 heteroatoms. The van der Waals surface area contributed by atoms with Crippen molar-refractivity contribution in [3.05, 3.63) is 59.7 Å². The van der Waals surface area contributed by atoms with Crippen LogP contribution < -0.4 is 0 Å². The fraction of sp³-hybridized carbons (Fsp3) is 0.143. The molecule has 0 unspecified atom stereocenters. The van der Waals surface area contributed by atoms with Gasteiger partial charge in [0.15, 0.2) is 0 Å². The fourth-order valence-corrected chi connectivity index (χ4v) is 1.90. The predicted molar refractivity (Wildman–Crippen MR) is 60.7 cm³/mol. The van der Waals surface area contributed by atoms with E-state index < -0.39 is 29.0 Å². The van der Waals surface area contributed by atoms with Crippen LogP contribution in [0.1, 0.15) is 11.1 Å². The van der Waals surface area contributed by atoms with Crippen molar-refractivity contribution in [1.29, 1.82) is 0 Å². The van der Waals surface area contributed by atoms with Crippen LogP contribution in [0.15, 0.2) is 42.5 Å². The van der Waals surface area contributed by atoms with Gasteiger partial charge in [-0.2, -0.15) is 26.3 Å². The highest BCUT2D eigenvalue weighted by molar-refractivity contribution is 5.69. The second-order valence-corrected chi connectivity index (χ2v) is 4.01. The molecule has 0 bridgehead atoms. The molecule has 0 nitrogen and oxygen atoms in total. The third-order valence-electron chi connectivity index (χ3n) is 2.68. The van der Waals surface area contributed by atoms with E-state index in [1.165, 1.54) is 24.3 Å². The van der Waals surface area contributed by atoms with Crippen LogP contribution in [-0.4, -0.2) is 0 Å². The van der Waals surface area contributed by atoms with Crippen molar-refractivity contribution >= 4 is 0 Å². The Kier molecular flexibility index (Phi) is 3.50. The lowest BCUT2D eigenvalue weighted by atomic mass is 9.94. The highest BCUT2D eigenvalue weighted by Crippen LogP contribution is 2.44. The van der Waals surface area contributed by atoms with Crippen molar-refractivity contribution in [2.24, 2.45) is 0 Å². The second-order valence-electron chi connectivity index (χ2n) is 4.01. The summed E-state index contributed by atoms with van der Waals surface area (Å²) in [6, 6.07) is 10.3. The van der Waals surface area contributed by atoms with E-state index >= 15 is 0 Å². The molecule has 0 spiro atoms. The molecule has 2 rings (SSSR count). The summed E-state index contributed by atoms with van der Waals surface area (Å²) < 4.78 is 77.4. The SMILES string of the molecule is FC(F)(F)c1cccc(-c2cc[c]cc2)c1C(F)(F)F. The number of rotatable bonds is 1. The predicted octanol–water partition coefficient (Wildman–Crippen LogP) is 5.19. The fourth-order valence-electron chi connectivity index (χ4n) is 1.90. The zero-order valence-electron chi connectivity index (χ0n) is 9.81. The highest BCUT2D eigenvalue weighted by atomic mass is 19.4. The lowest BCUT2D eigenvalue weighted by Crippen LogP contribution is -2.17. The maximum atomic E-state index is 13.0. The molecule has 0 aliphatic heterocycles. The van der Waals surface area contributed by atoms with E-state index in [0.29, 0.717) is 6.07 Å². The van der Waals surface area contributed by atoms with E-state index in [4.69, 9.17) is 0 Å². The van der Waals surface area contributed by atoms with Gasteiger partial charge < -0.3 is 0 Å². The maximum Gasteiger partial charge on any atom is 0.417 e. The molecule has 1 radical (unpaired) electrons. The number of benzene rings is 2. The van der Waals surface area contributed by atoms with Crippen LogP contribution in [-0.2, 0) is 12.4 Å². The monoisotopic (exact) mass is 289 g/mol. The molecular formula is C14H7F6. The summed E-state index contributed by atoms with van der Waals surface area (Å²) in [5.41, 5.74) is -3.79. The van der Waals surface area contributed by atoms with Gasteiger partial charge in [-0.25, -0.2) is 0 Å². The van der Waals surface area contributed by atoms with Gasteiger partial charge in [-0.3, -0.25) is 0 Å². The van der Waals surface area contributed by atoms with E-state index in [0.717, 1.165) is 12.1 Å². The summed E-state index contributed by atoms with van der Waals surface area (Å²) in [6.07, 6.45) is -10.2. The smallest absolute Gasteiger partial charge is 0.166 e. The summed E-state index contributed by atoms with van der Waals surface area (Å²) in [5.74, 6) is 0. The van der Waals surface area contributed by atoms with Crippen molar-refractivity contribution in [1.82, 2.24) is 0 Å². The number of hydrogen-bond acceptors (Lipinski definition) is 0. The molecule has 0 heterocycles. The zero-order valence-corrected chi connectivity index (χ0v) is 9.81. The lowest BCUT2D eigenvalue weighted by Gasteiger charge is -2.19. The van der Waals surface area contributed by atoms with Crippen LogP contribution >= 0.6 is 0 Å². The Morgan fingerprint density at radius 3 is 1.85 bits per heavy atom. The number of halogens is 6. The van der Waals surface area contributed by atoms with Crippen molar-refractivity contribution in [2.75, 3.05) is 0 Å². The quantitative estimate of drug-likeness (QED) is 0.634. The first-order valence-corrected chi connectivity index (χ1v) is 5.45. The third kappa shape index (κ3) is 2.79. The van der Waals surface area contributed by atoms with E-state index in [-0.39, 0.29) is 5.56 Å². The van der Waals surface area contributed by atoms with Gasteiger partial charge in [0.05, 0.1) is 11.1 Å². The largest absolute Gasteiger partial charge is 0.417 e. The first kappa shape index (κ1) is 14.4. The van der Waals surface area contributed by atoms with Crippen molar-refractivity contribution in [3.8, 4) is 11.1 Å². The second kappa shape index (κ2) is 4.85. The normalized spacial score (nSPS) is 12.5. The zero-order chi connectivity index (χ0) is 15.0. The van der Waals surface area contributed by atoms with E-state index in [1.54, 1.807) is 0 Å². The van der Waals surface area contributed by atoms with Crippen LogP contribution in [0.25, 0.3) is 11.1 Å². The van der Waals surface area contributed by atoms with Gasteiger partial charge in [0, 0.05) is 0 Å². The average Bonchev–Trinajstić information content (AvgIpc) is 2.37. The molecule has 0 aliphatic rings. The van der Waals surface area contributed by atoms with E-state index in [9.17, 15) is 26.3 Å². The Balaban J connectivity index is 2.77. The summed E-state index contributed by atoms with van der Waals surface area (Å²) in [5, 5.41) is 0. The van der Waals surface area contributed by atoms with Gasteiger partial charge in [-0.05, 0) is 23.3 Å². The molecule has 0 fully saturated rings. The molecule has 2 aromatic carbocycles. The van der Waals surface area contributed by atoms with E-state index in [2.05, 4.69) is 6.07 Å². The summed E-state index contributed by atoms with van der Waals surface area (Å²) in [4.78, 5) is 0. The van der Waals surface area contributed by atoms with Crippen molar-refractivity contribution in [2.45, 2.75) is 12.4 Å². The topological polar surface area (TPSA) is 0 Å². The Morgan fingerprint density at radius 2 is 1.35 bits per heavy atom. The molecular weight excluding hydrogens is 282 g/mol. The molecule has 0 atom stereocenters. The van der Waals surface area contributed by atoms with Crippen molar-refractivity contribution < 1.29 is 26.3 Å². The van der Waals surface area contributed by atoms with Gasteiger partial charge in [-0.15, -0.1) is 0 Å². The Morgan fingerprint density at radius 1 is 0.750 bits per heavy atom. The molecule has 105 valence electrons. The van der Waals surface area contributed by atoms with Gasteiger partial charge in [0.2, 0.25) is 0 Å². The summed E-state index contributed by atoms with van der Waals surface area (Å²) in [7, 11) is 0. The molecule has 0 aliphatic carbocycles. The molecule has 2 aromatic rings. The van der Waals surface area contributed by atoms with Gasteiger partial charge in [-0.1, -0.05) is 36.4 Å². The molecule has 0 saturated heterocycles. The van der Waals surface area contributed by atoms with Crippen LogP contribution in [0.5, 0.6) is 0 Å². The minimum Gasteiger partial charge on any atom is -0.166 e. The number of alkyl halides is 6. The molecule has 20 heavy (non-hydrogen) atoms. The summed E-state index contributed by atoms with van der Waals surface area (Å²) >= 11 is 0. The molecule has 0 N–H and O–H groups in total. The first-order valence-electron chi connectivity index (χ1n) is 5.45. The molecule has 0 amide bonds. The summed E-state index contributed by atoms with van der Waals surface area (Å²) in [6.45, 7) is 0. The lowest BCUT2D eigenvalue weighted by molar-refractivity contribution is -0.161. The average molecular weight is 289 g/mol. The van der Waals surface area contributed by atoms with Gasteiger partial charge >= 0.3 is 12.4 Å². The third-order valence-corrected chi connectivity index (χ3v) is 2.68. The Bertz CT molecular complexity index is 595. The Hall–Kier alpha value is -1.98. The highest BCUT2D eigenvalue weighted by Gasteiger charge is 2.44. The Labute approximate surface area is 110 Å². The minimum absolute atomic E-state index is 0.0576. The maximum absolute atomic E-state index is 13.0. The van der Waals surface area contributed by atoms with Crippen LogP contribution in [0.3, 0.4) is 0 Å². The molecule has 0 aromatic heterocycles. The van der Waals surface area contributed by atoms with Gasteiger partial charge in [0.1, 0.15) is 0 Å².